The van der Waals surface area contributed by atoms with E-state index in [9.17, 15) is 0 Å². The average molecular weight is 205 g/mol. The molecule has 0 amide bonds. The van der Waals surface area contributed by atoms with E-state index in [-0.39, 0.29) is 0 Å². The van der Waals surface area contributed by atoms with Crippen molar-refractivity contribution in [1.29, 1.82) is 0 Å². The molecule has 0 fully saturated rings. The van der Waals surface area contributed by atoms with Crippen molar-refractivity contribution in [2.24, 2.45) is 0 Å². The first kappa shape index (κ1) is 9.93. The predicted octanol–water partition coefficient (Wildman–Crippen LogP) is 2.55. The lowest BCUT2D eigenvalue weighted by atomic mass is 10.3. The molecule has 0 aliphatic carbocycles. The molecule has 0 atom stereocenters. The van der Waals surface area contributed by atoms with Crippen molar-refractivity contribution in [2.45, 2.75) is 26.3 Å². The molecular formula is C8H13ClN2S. The van der Waals surface area contributed by atoms with Crippen LogP contribution >= 0.6 is 24.2 Å². The van der Waals surface area contributed by atoms with Crippen molar-refractivity contribution < 1.29 is 0 Å². The molecule has 12 heavy (non-hydrogen) atoms. The van der Waals surface area contributed by atoms with Crippen LogP contribution in [-0.4, -0.2) is 15.5 Å². The molecule has 68 valence electrons. The molecule has 0 aliphatic heterocycles. The lowest BCUT2D eigenvalue weighted by Crippen LogP contribution is -1.98. The fraction of sp³-hybridized carbons (Fsp3) is 0.625. The van der Waals surface area contributed by atoms with Gasteiger partial charge in [-0.3, -0.25) is 4.68 Å². The molecule has 0 N–H and O–H groups in total. The molecular weight excluding hydrogens is 192 g/mol. The highest BCUT2D eigenvalue weighted by atomic mass is 35.5. The van der Waals surface area contributed by atoms with E-state index in [4.69, 9.17) is 11.6 Å². The number of hydrogen-bond donors (Lipinski definition) is 1. The molecule has 1 heterocycles. The molecule has 0 unspecified atom stereocenters. The first-order valence-electron chi connectivity index (χ1n) is 4.04. The first-order chi connectivity index (χ1) is 5.74. The number of rotatable bonds is 4. The fourth-order valence-corrected chi connectivity index (χ4v) is 1.37. The van der Waals surface area contributed by atoms with Crippen molar-refractivity contribution in [3.05, 3.63) is 16.9 Å². The number of unbranched alkanes of at least 4 members (excludes halogenated alkanes) is 1. The number of nitrogens with zero attached hydrogens (tertiary/aromatic N) is 2. The molecule has 0 saturated heterocycles. The second kappa shape index (κ2) is 4.77. The molecule has 1 rings (SSSR count). The number of halogens is 1. The van der Waals surface area contributed by atoms with Gasteiger partial charge in [-0.2, -0.15) is 17.7 Å². The summed E-state index contributed by atoms with van der Waals surface area (Å²) in [6.07, 6.45) is 4.11. The van der Waals surface area contributed by atoms with Gasteiger partial charge in [0.05, 0.1) is 10.7 Å². The third kappa shape index (κ3) is 2.72. The maximum atomic E-state index is 5.84. The zero-order valence-corrected chi connectivity index (χ0v) is 8.78. The van der Waals surface area contributed by atoms with Crippen LogP contribution in [0.15, 0.2) is 6.20 Å². The zero-order valence-electron chi connectivity index (χ0n) is 7.13. The Balaban J connectivity index is 2.42. The van der Waals surface area contributed by atoms with Crippen molar-refractivity contribution >= 4 is 24.2 Å². The molecule has 1 aromatic heterocycles. The summed E-state index contributed by atoms with van der Waals surface area (Å²) in [5, 5.41) is 4.99. The Morgan fingerprint density at radius 3 is 2.83 bits per heavy atom. The molecule has 0 bridgehead atoms. The Kier molecular flexibility index (Phi) is 3.95. The van der Waals surface area contributed by atoms with Gasteiger partial charge in [0, 0.05) is 12.7 Å². The maximum Gasteiger partial charge on any atom is 0.0814 e. The van der Waals surface area contributed by atoms with Gasteiger partial charge in [-0.05, 0) is 25.5 Å². The zero-order chi connectivity index (χ0) is 8.97. The van der Waals surface area contributed by atoms with E-state index in [0.29, 0.717) is 0 Å². The third-order valence-corrected chi connectivity index (χ3v) is 2.37. The van der Waals surface area contributed by atoms with Crippen LogP contribution in [0.5, 0.6) is 0 Å². The molecule has 1 aromatic rings. The normalized spacial score (nSPS) is 10.6. The smallest absolute Gasteiger partial charge is 0.0814 e. The minimum absolute atomic E-state index is 0.751. The van der Waals surface area contributed by atoms with Crippen LogP contribution in [0.25, 0.3) is 0 Å². The first-order valence-corrected chi connectivity index (χ1v) is 5.05. The van der Waals surface area contributed by atoms with E-state index in [1.165, 1.54) is 0 Å². The van der Waals surface area contributed by atoms with E-state index >= 15 is 0 Å². The quantitative estimate of drug-likeness (QED) is 0.590. The van der Waals surface area contributed by atoms with Gasteiger partial charge in [0.2, 0.25) is 0 Å². The van der Waals surface area contributed by atoms with Gasteiger partial charge in [0.1, 0.15) is 0 Å². The summed E-state index contributed by atoms with van der Waals surface area (Å²) in [6, 6.07) is 0. The Labute approximate surface area is 83.3 Å². The average Bonchev–Trinajstić information content (AvgIpc) is 2.32. The molecule has 0 aromatic carbocycles. The Morgan fingerprint density at radius 1 is 1.58 bits per heavy atom. The van der Waals surface area contributed by atoms with Gasteiger partial charge in [-0.1, -0.05) is 11.6 Å². The van der Waals surface area contributed by atoms with Crippen molar-refractivity contribution in [2.75, 3.05) is 5.75 Å². The largest absolute Gasteiger partial charge is 0.271 e. The van der Waals surface area contributed by atoms with Gasteiger partial charge in [0.25, 0.3) is 0 Å². The fourth-order valence-electron chi connectivity index (χ4n) is 0.994. The highest BCUT2D eigenvalue weighted by Gasteiger charge is 2.00. The number of thiol groups is 1. The summed E-state index contributed by atoms with van der Waals surface area (Å²) in [7, 11) is 0. The number of hydrogen-bond acceptors (Lipinski definition) is 2. The van der Waals surface area contributed by atoms with Crippen LogP contribution < -0.4 is 0 Å². The van der Waals surface area contributed by atoms with Crippen molar-refractivity contribution in [1.82, 2.24) is 9.78 Å². The SMILES string of the molecule is Cc1nn(CCCCS)cc1Cl. The van der Waals surface area contributed by atoms with E-state index in [1.54, 1.807) is 0 Å². The highest BCUT2D eigenvalue weighted by molar-refractivity contribution is 7.80. The van der Waals surface area contributed by atoms with E-state index in [1.807, 2.05) is 17.8 Å². The predicted molar refractivity (Wildman–Crippen MR) is 55.1 cm³/mol. The van der Waals surface area contributed by atoms with Crippen LogP contribution in [0.3, 0.4) is 0 Å². The van der Waals surface area contributed by atoms with Crippen LogP contribution in [0, 0.1) is 6.92 Å². The maximum absolute atomic E-state index is 5.84. The second-order valence-electron chi connectivity index (χ2n) is 2.76. The van der Waals surface area contributed by atoms with Crippen molar-refractivity contribution in [3.63, 3.8) is 0 Å². The Hall–Kier alpha value is -0.150. The van der Waals surface area contributed by atoms with Crippen LogP contribution in [0.2, 0.25) is 5.02 Å². The van der Waals surface area contributed by atoms with E-state index in [2.05, 4.69) is 17.7 Å². The summed E-state index contributed by atoms with van der Waals surface area (Å²) >= 11 is 9.98. The topological polar surface area (TPSA) is 17.8 Å². The number of aryl methyl sites for hydroxylation is 2. The standard InChI is InChI=1S/C8H13ClN2S/c1-7-8(9)6-11(10-7)4-2-3-5-12/h6,12H,2-5H2,1H3. The second-order valence-corrected chi connectivity index (χ2v) is 3.61. The molecule has 0 aliphatic rings. The lowest BCUT2D eigenvalue weighted by molar-refractivity contribution is 0.570. The van der Waals surface area contributed by atoms with E-state index < -0.39 is 0 Å². The summed E-state index contributed by atoms with van der Waals surface area (Å²) in [5.74, 6) is 0.938. The monoisotopic (exact) mass is 204 g/mol. The van der Waals surface area contributed by atoms with Gasteiger partial charge >= 0.3 is 0 Å². The summed E-state index contributed by atoms with van der Waals surface area (Å²) in [5.41, 5.74) is 0.905. The van der Waals surface area contributed by atoms with E-state index in [0.717, 1.165) is 35.9 Å². The van der Waals surface area contributed by atoms with Gasteiger partial charge in [-0.25, -0.2) is 0 Å². The summed E-state index contributed by atoms with van der Waals surface area (Å²) < 4.78 is 1.89. The number of aromatic nitrogens is 2. The molecule has 2 nitrogen and oxygen atoms in total. The lowest BCUT2D eigenvalue weighted by Gasteiger charge is -1.98. The Morgan fingerprint density at radius 2 is 2.33 bits per heavy atom. The minimum atomic E-state index is 0.751. The van der Waals surface area contributed by atoms with Gasteiger partial charge in [0.15, 0.2) is 0 Å². The van der Waals surface area contributed by atoms with Crippen LogP contribution in [0.4, 0.5) is 0 Å². The van der Waals surface area contributed by atoms with Gasteiger partial charge in [-0.15, -0.1) is 0 Å². The highest BCUT2D eigenvalue weighted by Crippen LogP contribution is 2.12. The molecule has 0 spiro atoms. The minimum Gasteiger partial charge on any atom is -0.271 e. The summed E-state index contributed by atoms with van der Waals surface area (Å²) in [4.78, 5) is 0. The van der Waals surface area contributed by atoms with Crippen LogP contribution in [0.1, 0.15) is 18.5 Å². The molecule has 4 heteroatoms. The molecule has 0 radical (unpaired) electrons. The molecule has 0 saturated carbocycles. The summed E-state index contributed by atoms with van der Waals surface area (Å²) in [6.45, 7) is 2.85. The van der Waals surface area contributed by atoms with Gasteiger partial charge < -0.3 is 0 Å². The van der Waals surface area contributed by atoms with Crippen molar-refractivity contribution in [3.8, 4) is 0 Å². The Bertz CT molecular complexity index is 228. The third-order valence-electron chi connectivity index (χ3n) is 1.68. The van der Waals surface area contributed by atoms with Crippen LogP contribution in [-0.2, 0) is 6.54 Å².